The van der Waals surface area contributed by atoms with Crippen LogP contribution in [-0.2, 0) is 9.47 Å². The summed E-state index contributed by atoms with van der Waals surface area (Å²) in [6, 6.07) is 1.71. The molecule has 0 fully saturated rings. The van der Waals surface area contributed by atoms with Gasteiger partial charge in [-0.15, -0.1) is 5.10 Å². The molecule has 5 nitrogen and oxygen atoms in total. The van der Waals surface area contributed by atoms with Crippen LogP contribution >= 0.6 is 11.6 Å². The molecule has 0 spiro atoms. The molecule has 6 heteroatoms. The van der Waals surface area contributed by atoms with Crippen molar-refractivity contribution in [3.05, 3.63) is 17.4 Å². The Morgan fingerprint density at radius 1 is 1.40 bits per heavy atom. The predicted molar refractivity (Wildman–Crippen MR) is 58.2 cm³/mol. The van der Waals surface area contributed by atoms with Gasteiger partial charge < -0.3 is 14.8 Å². The maximum absolute atomic E-state index is 5.66. The molecule has 0 amide bonds. The van der Waals surface area contributed by atoms with E-state index in [4.69, 9.17) is 21.1 Å². The largest absolute Gasteiger partial charge is 0.382 e. The summed E-state index contributed by atoms with van der Waals surface area (Å²) in [6.45, 7) is 2.53. The normalized spacial score (nSPS) is 10.3. The molecule has 84 valence electrons. The van der Waals surface area contributed by atoms with E-state index in [9.17, 15) is 0 Å². The summed E-state index contributed by atoms with van der Waals surface area (Å²) < 4.78 is 10.1. The van der Waals surface area contributed by atoms with Crippen LogP contribution in [0, 0.1) is 0 Å². The summed E-state index contributed by atoms with van der Waals surface area (Å²) in [5, 5.41) is 10.8. The number of halogens is 1. The number of anilines is 1. The quantitative estimate of drug-likeness (QED) is 0.715. The molecule has 0 aliphatic heterocycles. The highest BCUT2D eigenvalue weighted by atomic mass is 35.5. The van der Waals surface area contributed by atoms with Gasteiger partial charge in [0.2, 0.25) is 0 Å². The van der Waals surface area contributed by atoms with E-state index in [2.05, 4.69) is 15.5 Å². The van der Waals surface area contributed by atoms with Gasteiger partial charge in [0.05, 0.1) is 31.7 Å². The van der Waals surface area contributed by atoms with Crippen molar-refractivity contribution in [2.45, 2.75) is 0 Å². The average molecular weight is 232 g/mol. The third kappa shape index (κ3) is 5.51. The van der Waals surface area contributed by atoms with Crippen LogP contribution in [-0.4, -0.2) is 43.7 Å². The zero-order valence-electron chi connectivity index (χ0n) is 8.57. The van der Waals surface area contributed by atoms with Crippen molar-refractivity contribution in [3.8, 4) is 0 Å². The first-order chi connectivity index (χ1) is 7.33. The Bertz CT molecular complexity index is 286. The van der Waals surface area contributed by atoms with Crippen LogP contribution in [0.2, 0.25) is 5.15 Å². The number of nitrogens with zero attached hydrogens (tertiary/aromatic N) is 2. The molecule has 0 unspecified atom stereocenters. The summed E-state index contributed by atoms with van der Waals surface area (Å²) in [5.74, 6) is 0. The van der Waals surface area contributed by atoms with Crippen molar-refractivity contribution in [1.29, 1.82) is 0 Å². The highest BCUT2D eigenvalue weighted by molar-refractivity contribution is 6.29. The minimum absolute atomic E-state index is 0.375. The van der Waals surface area contributed by atoms with Gasteiger partial charge in [0.15, 0.2) is 5.15 Å². The van der Waals surface area contributed by atoms with Gasteiger partial charge in [0.1, 0.15) is 0 Å². The average Bonchev–Trinajstić information content (AvgIpc) is 2.23. The Morgan fingerprint density at radius 3 is 3.00 bits per heavy atom. The Labute approximate surface area is 93.7 Å². The van der Waals surface area contributed by atoms with E-state index in [0.29, 0.717) is 31.5 Å². The van der Waals surface area contributed by atoms with Crippen LogP contribution in [0.5, 0.6) is 0 Å². The second-order valence-corrected chi connectivity index (χ2v) is 3.19. The molecule has 0 aliphatic carbocycles. The summed E-state index contributed by atoms with van der Waals surface area (Å²) in [5.41, 5.74) is 0.838. The van der Waals surface area contributed by atoms with Crippen LogP contribution < -0.4 is 5.32 Å². The van der Waals surface area contributed by atoms with E-state index in [1.165, 1.54) is 0 Å². The van der Waals surface area contributed by atoms with Crippen molar-refractivity contribution in [2.75, 3.05) is 38.8 Å². The van der Waals surface area contributed by atoms with E-state index in [1.807, 2.05) is 0 Å². The fraction of sp³-hybridized carbons (Fsp3) is 0.556. The minimum Gasteiger partial charge on any atom is -0.382 e. The Hall–Kier alpha value is -0.910. The molecule has 1 aromatic rings. The molecular weight excluding hydrogens is 218 g/mol. The topological polar surface area (TPSA) is 56.3 Å². The van der Waals surface area contributed by atoms with Gasteiger partial charge in [-0.05, 0) is 0 Å². The minimum atomic E-state index is 0.375. The first kappa shape index (κ1) is 12.2. The van der Waals surface area contributed by atoms with E-state index < -0.39 is 0 Å². The Balaban J connectivity index is 2.10. The van der Waals surface area contributed by atoms with Crippen LogP contribution in [0.15, 0.2) is 12.3 Å². The van der Waals surface area contributed by atoms with Crippen molar-refractivity contribution in [3.63, 3.8) is 0 Å². The van der Waals surface area contributed by atoms with E-state index in [1.54, 1.807) is 19.4 Å². The predicted octanol–water partition coefficient (Wildman–Crippen LogP) is 1.20. The van der Waals surface area contributed by atoms with Crippen molar-refractivity contribution < 1.29 is 9.47 Å². The molecule has 0 bridgehead atoms. The fourth-order valence-electron chi connectivity index (χ4n) is 0.949. The number of rotatable bonds is 7. The summed E-state index contributed by atoms with van der Waals surface area (Å²) in [4.78, 5) is 0. The number of aromatic nitrogens is 2. The van der Waals surface area contributed by atoms with Gasteiger partial charge in [0, 0.05) is 19.7 Å². The monoisotopic (exact) mass is 231 g/mol. The molecule has 0 aromatic carbocycles. The van der Waals surface area contributed by atoms with Gasteiger partial charge >= 0.3 is 0 Å². The zero-order valence-corrected chi connectivity index (χ0v) is 9.33. The molecule has 0 radical (unpaired) electrons. The number of ether oxygens (including phenoxy) is 2. The molecule has 1 aromatic heterocycles. The Kier molecular flexibility index (Phi) is 5.99. The van der Waals surface area contributed by atoms with Gasteiger partial charge in [0.25, 0.3) is 0 Å². The van der Waals surface area contributed by atoms with E-state index in [0.717, 1.165) is 5.69 Å². The smallest absolute Gasteiger partial charge is 0.153 e. The highest BCUT2D eigenvalue weighted by Crippen LogP contribution is 2.09. The molecule has 1 N–H and O–H groups in total. The lowest BCUT2D eigenvalue weighted by atomic mass is 10.4. The van der Waals surface area contributed by atoms with Crippen LogP contribution in [0.25, 0.3) is 0 Å². The molecule has 0 aliphatic rings. The van der Waals surface area contributed by atoms with Crippen LogP contribution in [0.1, 0.15) is 0 Å². The summed E-state index contributed by atoms with van der Waals surface area (Å²) in [6.07, 6.45) is 1.61. The van der Waals surface area contributed by atoms with E-state index in [-0.39, 0.29) is 0 Å². The van der Waals surface area contributed by atoms with Gasteiger partial charge in [-0.3, -0.25) is 0 Å². The SMILES string of the molecule is COCCOCCNc1cnnc(Cl)c1. The number of methoxy groups -OCH3 is 1. The molecule has 1 rings (SSSR count). The second-order valence-electron chi connectivity index (χ2n) is 2.80. The molecule has 15 heavy (non-hydrogen) atoms. The number of nitrogens with one attached hydrogen (secondary N) is 1. The van der Waals surface area contributed by atoms with Gasteiger partial charge in [-0.2, -0.15) is 5.10 Å². The molecule has 0 atom stereocenters. The highest BCUT2D eigenvalue weighted by Gasteiger charge is 1.94. The van der Waals surface area contributed by atoms with Crippen molar-refractivity contribution >= 4 is 17.3 Å². The maximum atomic E-state index is 5.66. The summed E-state index contributed by atoms with van der Waals surface area (Å²) >= 11 is 5.66. The Morgan fingerprint density at radius 2 is 2.27 bits per heavy atom. The van der Waals surface area contributed by atoms with Crippen LogP contribution in [0.3, 0.4) is 0 Å². The number of hydrogen-bond donors (Lipinski definition) is 1. The van der Waals surface area contributed by atoms with Crippen molar-refractivity contribution in [2.24, 2.45) is 0 Å². The third-order valence-electron chi connectivity index (χ3n) is 1.63. The lowest BCUT2D eigenvalue weighted by Gasteiger charge is -2.06. The van der Waals surface area contributed by atoms with Gasteiger partial charge in [-0.1, -0.05) is 11.6 Å². The van der Waals surface area contributed by atoms with Gasteiger partial charge in [-0.25, -0.2) is 0 Å². The maximum Gasteiger partial charge on any atom is 0.153 e. The first-order valence-electron chi connectivity index (χ1n) is 4.61. The number of hydrogen-bond acceptors (Lipinski definition) is 5. The molecule has 1 heterocycles. The summed E-state index contributed by atoms with van der Waals surface area (Å²) in [7, 11) is 1.65. The standard InChI is InChI=1S/C9H14ClN3O2/c1-14-4-5-15-3-2-11-8-6-9(10)13-12-7-8/h6-7H,2-5H2,1H3,(H,11,13). The zero-order chi connectivity index (χ0) is 10.9. The lowest BCUT2D eigenvalue weighted by Crippen LogP contribution is -2.12. The lowest BCUT2D eigenvalue weighted by molar-refractivity contribution is 0.0759. The second kappa shape index (κ2) is 7.39. The molecule has 0 saturated carbocycles. The van der Waals surface area contributed by atoms with Crippen LogP contribution in [0.4, 0.5) is 5.69 Å². The molecule has 0 saturated heterocycles. The molecular formula is C9H14ClN3O2. The first-order valence-corrected chi connectivity index (χ1v) is 4.99. The van der Waals surface area contributed by atoms with E-state index >= 15 is 0 Å². The third-order valence-corrected chi connectivity index (χ3v) is 1.82. The van der Waals surface area contributed by atoms with Crippen molar-refractivity contribution in [1.82, 2.24) is 10.2 Å². The fourth-order valence-corrected chi connectivity index (χ4v) is 1.11.